The lowest BCUT2D eigenvalue weighted by atomic mass is 10.1. The molecule has 1 aromatic rings. The quantitative estimate of drug-likeness (QED) is 0.821. The zero-order valence-corrected chi connectivity index (χ0v) is 12.3. The lowest BCUT2D eigenvalue weighted by Gasteiger charge is -2.22. The third-order valence-electron chi connectivity index (χ3n) is 2.96. The number of benzene rings is 1. The van der Waals surface area contributed by atoms with Gasteiger partial charge in [0.05, 0.1) is 5.69 Å². The van der Waals surface area contributed by atoms with Crippen LogP contribution in [0.5, 0.6) is 0 Å². The van der Waals surface area contributed by atoms with E-state index in [1.807, 2.05) is 27.7 Å². The van der Waals surface area contributed by atoms with Crippen molar-refractivity contribution >= 4 is 21.6 Å². The normalized spacial score (nSPS) is 12.2. The molecule has 0 unspecified atom stereocenters. The second-order valence-electron chi connectivity index (χ2n) is 4.74. The zero-order valence-electron chi connectivity index (χ0n) is 11.5. The largest absolute Gasteiger partial charge is 0.399 e. The van der Waals surface area contributed by atoms with E-state index in [2.05, 4.69) is 4.72 Å². The summed E-state index contributed by atoms with van der Waals surface area (Å²) in [4.78, 5) is 0. The molecule has 0 heterocycles. The highest BCUT2D eigenvalue weighted by molar-refractivity contribution is 7.90. The first-order valence-corrected chi connectivity index (χ1v) is 7.21. The number of anilines is 2. The molecule has 0 aliphatic carbocycles. The molecule has 1 rings (SSSR count). The Labute approximate surface area is 109 Å². The second kappa shape index (κ2) is 5.16. The number of aryl methyl sites for hydroxylation is 2. The van der Waals surface area contributed by atoms with Crippen molar-refractivity contribution in [2.75, 3.05) is 17.5 Å². The van der Waals surface area contributed by atoms with Crippen LogP contribution in [-0.4, -0.2) is 25.8 Å². The standard InChI is InChI=1S/C12H21N3O2S/c1-8(2)15(5)18(16,17)14-12-7-9(3)11(13)6-10(12)4/h6-8,14H,13H2,1-5H3. The van der Waals surface area contributed by atoms with Crippen LogP contribution in [0.15, 0.2) is 12.1 Å². The van der Waals surface area contributed by atoms with Crippen molar-refractivity contribution in [3.05, 3.63) is 23.3 Å². The number of nitrogens with one attached hydrogen (secondary N) is 1. The Hall–Kier alpha value is -1.27. The molecule has 0 amide bonds. The Morgan fingerprint density at radius 1 is 1.22 bits per heavy atom. The summed E-state index contributed by atoms with van der Waals surface area (Å²) in [6.07, 6.45) is 0. The van der Waals surface area contributed by atoms with E-state index in [4.69, 9.17) is 5.73 Å². The number of hydrogen-bond donors (Lipinski definition) is 2. The molecule has 6 heteroatoms. The molecule has 0 spiro atoms. The highest BCUT2D eigenvalue weighted by atomic mass is 32.2. The predicted octanol–water partition coefficient (Wildman–Crippen LogP) is 1.88. The van der Waals surface area contributed by atoms with Crippen LogP contribution < -0.4 is 10.5 Å². The molecular formula is C12H21N3O2S. The SMILES string of the molecule is Cc1cc(NS(=O)(=O)N(C)C(C)C)c(C)cc1N. The van der Waals surface area contributed by atoms with Crippen molar-refractivity contribution in [3.63, 3.8) is 0 Å². The number of nitrogen functional groups attached to an aromatic ring is 1. The van der Waals surface area contributed by atoms with Crippen LogP contribution >= 0.6 is 0 Å². The Morgan fingerprint density at radius 2 is 1.78 bits per heavy atom. The highest BCUT2D eigenvalue weighted by Gasteiger charge is 2.21. The Bertz CT molecular complexity index is 538. The summed E-state index contributed by atoms with van der Waals surface area (Å²) in [5.41, 5.74) is 8.65. The topological polar surface area (TPSA) is 75.4 Å². The van der Waals surface area contributed by atoms with E-state index in [1.165, 1.54) is 4.31 Å². The molecule has 0 atom stereocenters. The van der Waals surface area contributed by atoms with E-state index in [0.29, 0.717) is 11.4 Å². The zero-order chi connectivity index (χ0) is 14.1. The van der Waals surface area contributed by atoms with Gasteiger partial charge in [-0.25, -0.2) is 0 Å². The van der Waals surface area contributed by atoms with Gasteiger partial charge in [-0.05, 0) is 51.0 Å². The fraction of sp³-hybridized carbons (Fsp3) is 0.500. The molecule has 0 aliphatic heterocycles. The van der Waals surface area contributed by atoms with Gasteiger partial charge in [-0.1, -0.05) is 0 Å². The Kier molecular flexibility index (Phi) is 4.24. The van der Waals surface area contributed by atoms with Crippen LogP contribution in [0.3, 0.4) is 0 Å². The Morgan fingerprint density at radius 3 is 2.28 bits per heavy atom. The van der Waals surface area contributed by atoms with E-state index >= 15 is 0 Å². The minimum Gasteiger partial charge on any atom is -0.399 e. The first-order valence-electron chi connectivity index (χ1n) is 5.77. The average molecular weight is 271 g/mol. The molecule has 0 bridgehead atoms. The molecule has 3 N–H and O–H groups in total. The van der Waals surface area contributed by atoms with Gasteiger partial charge < -0.3 is 5.73 Å². The van der Waals surface area contributed by atoms with E-state index in [0.717, 1.165) is 11.1 Å². The molecule has 102 valence electrons. The fourth-order valence-electron chi connectivity index (χ4n) is 1.44. The predicted molar refractivity (Wildman–Crippen MR) is 75.8 cm³/mol. The summed E-state index contributed by atoms with van der Waals surface area (Å²) in [6.45, 7) is 7.31. The van der Waals surface area contributed by atoms with Crippen molar-refractivity contribution in [2.45, 2.75) is 33.7 Å². The lowest BCUT2D eigenvalue weighted by Crippen LogP contribution is -2.37. The number of hydrogen-bond acceptors (Lipinski definition) is 3. The minimum absolute atomic E-state index is 0.0994. The summed E-state index contributed by atoms with van der Waals surface area (Å²) in [7, 11) is -1.97. The smallest absolute Gasteiger partial charge is 0.301 e. The van der Waals surface area contributed by atoms with Gasteiger partial charge in [0.15, 0.2) is 0 Å². The van der Waals surface area contributed by atoms with Crippen molar-refractivity contribution in [2.24, 2.45) is 0 Å². The van der Waals surface area contributed by atoms with Crippen molar-refractivity contribution in [1.29, 1.82) is 0 Å². The summed E-state index contributed by atoms with van der Waals surface area (Å²) in [5, 5.41) is 0. The van der Waals surface area contributed by atoms with E-state index in [-0.39, 0.29) is 6.04 Å². The van der Waals surface area contributed by atoms with Gasteiger partial charge in [0, 0.05) is 18.8 Å². The van der Waals surface area contributed by atoms with Crippen molar-refractivity contribution in [3.8, 4) is 0 Å². The maximum Gasteiger partial charge on any atom is 0.301 e. The van der Waals surface area contributed by atoms with Gasteiger partial charge >= 0.3 is 10.2 Å². The van der Waals surface area contributed by atoms with E-state index in [1.54, 1.807) is 19.2 Å². The van der Waals surface area contributed by atoms with Gasteiger partial charge in [-0.15, -0.1) is 0 Å². The molecule has 0 fully saturated rings. The van der Waals surface area contributed by atoms with Crippen LogP contribution in [0.4, 0.5) is 11.4 Å². The van der Waals surface area contributed by atoms with Crippen molar-refractivity contribution in [1.82, 2.24) is 4.31 Å². The average Bonchev–Trinajstić information content (AvgIpc) is 2.24. The van der Waals surface area contributed by atoms with Gasteiger partial charge in [0.1, 0.15) is 0 Å². The maximum absolute atomic E-state index is 12.1. The highest BCUT2D eigenvalue weighted by Crippen LogP contribution is 2.23. The summed E-state index contributed by atoms with van der Waals surface area (Å²) in [5.74, 6) is 0. The number of nitrogens with zero attached hydrogens (tertiary/aromatic N) is 1. The summed E-state index contributed by atoms with van der Waals surface area (Å²) in [6, 6.07) is 3.41. The molecular weight excluding hydrogens is 250 g/mol. The molecule has 0 radical (unpaired) electrons. The second-order valence-corrected chi connectivity index (χ2v) is 6.47. The Balaban J connectivity index is 3.09. The fourth-order valence-corrected chi connectivity index (χ4v) is 2.63. The summed E-state index contributed by atoms with van der Waals surface area (Å²) < 4.78 is 28.0. The van der Waals surface area contributed by atoms with Crippen LogP contribution in [-0.2, 0) is 10.2 Å². The van der Waals surface area contributed by atoms with Crippen LogP contribution in [0, 0.1) is 13.8 Å². The van der Waals surface area contributed by atoms with Crippen LogP contribution in [0.2, 0.25) is 0 Å². The van der Waals surface area contributed by atoms with E-state index in [9.17, 15) is 8.42 Å². The molecule has 5 nitrogen and oxygen atoms in total. The molecule has 0 saturated carbocycles. The number of rotatable bonds is 4. The maximum atomic E-state index is 12.1. The monoisotopic (exact) mass is 271 g/mol. The summed E-state index contributed by atoms with van der Waals surface area (Å²) >= 11 is 0. The third kappa shape index (κ3) is 3.14. The molecule has 0 saturated heterocycles. The van der Waals surface area contributed by atoms with Crippen LogP contribution in [0.25, 0.3) is 0 Å². The number of nitrogens with two attached hydrogens (primary N) is 1. The first kappa shape index (κ1) is 14.8. The van der Waals surface area contributed by atoms with Gasteiger partial charge in [-0.2, -0.15) is 12.7 Å². The first-order chi connectivity index (χ1) is 8.15. The van der Waals surface area contributed by atoms with Crippen molar-refractivity contribution < 1.29 is 8.42 Å². The van der Waals surface area contributed by atoms with Gasteiger partial charge in [-0.3, -0.25) is 4.72 Å². The lowest BCUT2D eigenvalue weighted by molar-refractivity contribution is 0.414. The third-order valence-corrected chi connectivity index (χ3v) is 4.62. The van der Waals surface area contributed by atoms with Gasteiger partial charge in [0.25, 0.3) is 0 Å². The molecule has 0 aromatic heterocycles. The molecule has 0 aliphatic rings. The van der Waals surface area contributed by atoms with Gasteiger partial charge in [0.2, 0.25) is 0 Å². The minimum atomic E-state index is -3.52. The van der Waals surface area contributed by atoms with Crippen LogP contribution in [0.1, 0.15) is 25.0 Å². The molecule has 18 heavy (non-hydrogen) atoms. The van der Waals surface area contributed by atoms with E-state index < -0.39 is 10.2 Å². The molecule has 1 aromatic carbocycles.